The second-order valence-electron chi connectivity index (χ2n) is 4.26. The number of hydrogen-bond donors (Lipinski definition) is 4. The molecule has 2 atom stereocenters. The average Bonchev–Trinajstić information content (AvgIpc) is 2.39. The van der Waals surface area contributed by atoms with E-state index < -0.39 is 18.2 Å². The summed E-state index contributed by atoms with van der Waals surface area (Å²) in [6, 6.07) is 8.93. The molecule has 19 heavy (non-hydrogen) atoms. The third-order valence-electron chi connectivity index (χ3n) is 2.71. The third kappa shape index (κ3) is 6.03. The smallest absolute Gasteiger partial charge is 0.404 e. The van der Waals surface area contributed by atoms with Crippen LogP contribution in [-0.2, 0) is 6.42 Å². The van der Waals surface area contributed by atoms with Gasteiger partial charge in [-0.2, -0.15) is 0 Å². The predicted octanol–water partition coefficient (Wildman–Crippen LogP) is 1.00. The molecule has 0 aliphatic heterocycles. The van der Waals surface area contributed by atoms with Gasteiger partial charge in [0.15, 0.2) is 0 Å². The number of hydrogen-bond acceptors (Lipinski definition) is 3. The molecule has 0 unspecified atom stereocenters. The molecule has 0 aromatic heterocycles. The van der Waals surface area contributed by atoms with Crippen LogP contribution in [0.5, 0.6) is 0 Å². The van der Waals surface area contributed by atoms with Gasteiger partial charge in [-0.15, -0.1) is 6.58 Å². The zero-order chi connectivity index (χ0) is 14.1. The summed E-state index contributed by atoms with van der Waals surface area (Å²) in [6.45, 7) is 4.45. The lowest BCUT2D eigenvalue weighted by atomic mass is 10.0. The van der Waals surface area contributed by atoms with Crippen LogP contribution in [0.1, 0.15) is 5.56 Å². The van der Waals surface area contributed by atoms with Crippen LogP contribution in [0.15, 0.2) is 43.0 Å². The summed E-state index contributed by atoms with van der Waals surface area (Å²) in [6.07, 6.45) is 0.202. The number of carboxylic acid groups (broad SMARTS) is 1. The van der Waals surface area contributed by atoms with Crippen molar-refractivity contribution in [2.75, 3.05) is 13.1 Å². The van der Waals surface area contributed by atoms with E-state index in [1.807, 2.05) is 30.3 Å². The number of benzene rings is 1. The molecule has 4 N–H and O–H groups in total. The van der Waals surface area contributed by atoms with Crippen molar-refractivity contribution in [1.29, 1.82) is 0 Å². The van der Waals surface area contributed by atoms with Crippen LogP contribution in [0.2, 0.25) is 0 Å². The number of carbonyl (C=O) groups is 1. The first-order valence-corrected chi connectivity index (χ1v) is 6.16. The van der Waals surface area contributed by atoms with E-state index in [4.69, 9.17) is 5.11 Å². The third-order valence-corrected chi connectivity index (χ3v) is 2.71. The van der Waals surface area contributed by atoms with Crippen molar-refractivity contribution in [2.45, 2.75) is 18.6 Å². The number of nitrogens with one attached hydrogen (secondary N) is 2. The van der Waals surface area contributed by atoms with Gasteiger partial charge in [-0.25, -0.2) is 4.79 Å². The Bertz CT molecular complexity index is 395. The predicted molar refractivity (Wildman–Crippen MR) is 74.2 cm³/mol. The lowest BCUT2D eigenvalue weighted by Crippen LogP contribution is -2.48. The minimum atomic E-state index is -1.14. The molecule has 1 amide bonds. The van der Waals surface area contributed by atoms with Crippen molar-refractivity contribution >= 4 is 6.09 Å². The average molecular weight is 264 g/mol. The summed E-state index contributed by atoms with van der Waals surface area (Å²) in [7, 11) is 0. The van der Waals surface area contributed by atoms with Gasteiger partial charge in [-0.05, 0) is 12.0 Å². The quantitative estimate of drug-likeness (QED) is 0.417. The molecule has 1 rings (SSSR count). The van der Waals surface area contributed by atoms with Crippen LogP contribution >= 0.6 is 0 Å². The standard InChI is InChI=1S/C14H20N2O3/c1-2-8-15-10-13(17)12(16-14(18)19)9-11-6-4-3-5-7-11/h2-7,12-13,15-17H,1,8-10H2,(H,18,19)/t12-,13+/m0/s1. The fourth-order valence-electron chi connectivity index (χ4n) is 1.79. The summed E-state index contributed by atoms with van der Waals surface area (Å²) >= 11 is 0. The highest BCUT2D eigenvalue weighted by atomic mass is 16.4. The van der Waals surface area contributed by atoms with Crippen molar-refractivity contribution in [3.63, 3.8) is 0 Å². The number of aliphatic hydroxyl groups is 1. The topological polar surface area (TPSA) is 81.6 Å². The first kappa shape index (κ1) is 15.2. The molecule has 1 aromatic rings. The molecule has 104 valence electrons. The van der Waals surface area contributed by atoms with Crippen molar-refractivity contribution in [3.05, 3.63) is 48.6 Å². The molecule has 5 nitrogen and oxygen atoms in total. The van der Waals surface area contributed by atoms with E-state index in [1.165, 1.54) is 0 Å². The van der Waals surface area contributed by atoms with Gasteiger partial charge in [-0.1, -0.05) is 36.4 Å². The molecule has 0 radical (unpaired) electrons. The Kier molecular flexibility index (Phi) is 6.63. The van der Waals surface area contributed by atoms with Crippen molar-refractivity contribution < 1.29 is 15.0 Å². The maximum absolute atomic E-state index is 10.8. The van der Waals surface area contributed by atoms with Gasteiger partial charge in [0.2, 0.25) is 0 Å². The molecular formula is C14H20N2O3. The molecule has 0 saturated heterocycles. The van der Waals surface area contributed by atoms with Crippen LogP contribution in [-0.4, -0.2) is 41.5 Å². The summed E-state index contributed by atoms with van der Waals surface area (Å²) in [5.74, 6) is 0. The second-order valence-corrected chi connectivity index (χ2v) is 4.26. The normalized spacial score (nSPS) is 13.5. The fourth-order valence-corrected chi connectivity index (χ4v) is 1.79. The second kappa shape index (κ2) is 8.29. The highest BCUT2D eigenvalue weighted by Gasteiger charge is 2.21. The van der Waals surface area contributed by atoms with Gasteiger partial charge >= 0.3 is 6.09 Å². The maximum Gasteiger partial charge on any atom is 0.404 e. The van der Waals surface area contributed by atoms with E-state index in [2.05, 4.69) is 17.2 Å². The molecule has 0 saturated carbocycles. The summed E-state index contributed by atoms with van der Waals surface area (Å²) in [4.78, 5) is 10.8. The number of amides is 1. The molecule has 1 aromatic carbocycles. The van der Waals surface area contributed by atoms with Crippen LogP contribution in [0.25, 0.3) is 0 Å². The highest BCUT2D eigenvalue weighted by Crippen LogP contribution is 2.06. The molecule has 0 fully saturated rings. The van der Waals surface area contributed by atoms with Crippen LogP contribution in [0, 0.1) is 0 Å². The monoisotopic (exact) mass is 264 g/mol. The molecule has 0 aliphatic rings. The van der Waals surface area contributed by atoms with Crippen molar-refractivity contribution in [2.24, 2.45) is 0 Å². The molecule has 0 spiro atoms. The fraction of sp³-hybridized carbons (Fsp3) is 0.357. The van der Waals surface area contributed by atoms with Crippen LogP contribution in [0.4, 0.5) is 4.79 Å². The Morgan fingerprint density at radius 3 is 2.63 bits per heavy atom. The van der Waals surface area contributed by atoms with Crippen molar-refractivity contribution in [1.82, 2.24) is 10.6 Å². The SMILES string of the molecule is C=CCNC[C@@H](O)[C@H](Cc1ccccc1)NC(=O)O. The van der Waals surface area contributed by atoms with Crippen LogP contribution < -0.4 is 10.6 Å². The Hall–Kier alpha value is -1.85. The van der Waals surface area contributed by atoms with E-state index in [0.29, 0.717) is 19.5 Å². The van der Waals surface area contributed by atoms with Gasteiger partial charge in [0.05, 0.1) is 12.1 Å². The van der Waals surface area contributed by atoms with Gasteiger partial charge in [0.1, 0.15) is 0 Å². The first-order chi connectivity index (χ1) is 9.13. The molecule has 0 aliphatic carbocycles. The lowest BCUT2D eigenvalue weighted by molar-refractivity contribution is 0.119. The minimum Gasteiger partial charge on any atom is -0.465 e. The zero-order valence-corrected chi connectivity index (χ0v) is 10.7. The summed E-state index contributed by atoms with van der Waals surface area (Å²) in [5.41, 5.74) is 0.976. The summed E-state index contributed by atoms with van der Waals surface area (Å²) in [5, 5.41) is 24.2. The van der Waals surface area contributed by atoms with E-state index in [1.54, 1.807) is 6.08 Å². The maximum atomic E-state index is 10.8. The summed E-state index contributed by atoms with van der Waals surface area (Å²) < 4.78 is 0. The Labute approximate surface area is 113 Å². The van der Waals surface area contributed by atoms with Gasteiger partial charge in [-0.3, -0.25) is 0 Å². The zero-order valence-electron chi connectivity index (χ0n) is 10.7. The molecule has 0 heterocycles. The number of aliphatic hydroxyl groups excluding tert-OH is 1. The van der Waals surface area contributed by atoms with E-state index >= 15 is 0 Å². The Morgan fingerprint density at radius 1 is 1.37 bits per heavy atom. The van der Waals surface area contributed by atoms with Gasteiger partial charge in [0.25, 0.3) is 0 Å². The highest BCUT2D eigenvalue weighted by molar-refractivity contribution is 5.65. The Morgan fingerprint density at radius 2 is 2.05 bits per heavy atom. The minimum absolute atomic E-state index is 0.309. The molecular weight excluding hydrogens is 244 g/mol. The lowest BCUT2D eigenvalue weighted by Gasteiger charge is -2.23. The molecule has 0 bridgehead atoms. The number of rotatable bonds is 8. The van der Waals surface area contributed by atoms with Crippen LogP contribution in [0.3, 0.4) is 0 Å². The van der Waals surface area contributed by atoms with E-state index in [-0.39, 0.29) is 0 Å². The Balaban J connectivity index is 2.60. The largest absolute Gasteiger partial charge is 0.465 e. The van der Waals surface area contributed by atoms with E-state index in [0.717, 1.165) is 5.56 Å². The van der Waals surface area contributed by atoms with Crippen molar-refractivity contribution in [3.8, 4) is 0 Å². The van der Waals surface area contributed by atoms with Gasteiger partial charge in [0, 0.05) is 13.1 Å². The first-order valence-electron chi connectivity index (χ1n) is 6.16. The van der Waals surface area contributed by atoms with E-state index in [9.17, 15) is 9.90 Å². The van der Waals surface area contributed by atoms with Gasteiger partial charge < -0.3 is 20.8 Å². The molecule has 5 heteroatoms.